The van der Waals surface area contributed by atoms with Crippen LogP contribution in [0.4, 0.5) is 18.9 Å². The van der Waals surface area contributed by atoms with Crippen molar-refractivity contribution in [2.45, 2.75) is 6.18 Å². The molecule has 5 rings (SSSR count). The van der Waals surface area contributed by atoms with Crippen LogP contribution in [0.25, 0.3) is 38.6 Å². The van der Waals surface area contributed by atoms with Crippen LogP contribution in [0.3, 0.4) is 0 Å². The summed E-state index contributed by atoms with van der Waals surface area (Å²) in [4.78, 5) is 3.89. The van der Waals surface area contributed by atoms with E-state index in [1.807, 2.05) is 42.5 Å². The lowest BCUT2D eigenvalue weighted by molar-refractivity contribution is -0.140. The number of anilines is 1. The van der Waals surface area contributed by atoms with Crippen molar-refractivity contribution in [2.24, 2.45) is 5.14 Å². The fourth-order valence-corrected chi connectivity index (χ4v) is 4.39. The summed E-state index contributed by atoms with van der Waals surface area (Å²) < 4.78 is 66.5. The van der Waals surface area contributed by atoms with Crippen molar-refractivity contribution in [3.8, 4) is 17.1 Å². The minimum atomic E-state index is -4.64. The van der Waals surface area contributed by atoms with Crippen molar-refractivity contribution in [2.75, 3.05) is 4.72 Å². The highest BCUT2D eigenvalue weighted by Crippen LogP contribution is 2.35. The van der Waals surface area contributed by atoms with Crippen LogP contribution in [0.2, 0.25) is 0 Å². The Bertz CT molecular complexity index is 1640. The second kappa shape index (κ2) is 7.86. The number of fused-ring (bicyclic) bond motifs is 3. The van der Waals surface area contributed by atoms with E-state index in [0.29, 0.717) is 11.3 Å². The molecule has 0 aliphatic heterocycles. The van der Waals surface area contributed by atoms with E-state index in [1.165, 1.54) is 28.8 Å². The molecular weight excluding hydrogens is 465 g/mol. The molecule has 0 atom stereocenters. The zero-order chi connectivity index (χ0) is 24.1. The van der Waals surface area contributed by atoms with E-state index < -0.39 is 22.1 Å². The molecule has 0 unspecified atom stereocenters. The Hall–Kier alpha value is -3.89. The lowest BCUT2D eigenvalue weighted by atomic mass is 10.00. The first-order valence-electron chi connectivity index (χ1n) is 10.1. The average Bonchev–Trinajstić information content (AvgIpc) is 3.24. The van der Waals surface area contributed by atoms with Gasteiger partial charge in [0.25, 0.3) is 10.2 Å². The molecule has 0 bridgehead atoms. The largest absolute Gasteiger partial charge is 0.434 e. The lowest BCUT2D eigenvalue weighted by Gasteiger charge is -2.11. The normalized spacial score (nSPS) is 12.4. The number of benzene rings is 4. The quantitative estimate of drug-likeness (QED) is 0.333. The topological polar surface area (TPSA) is 90.0 Å². The Morgan fingerprint density at radius 2 is 1.53 bits per heavy atom. The minimum absolute atomic E-state index is 0.106. The number of nitrogens with two attached hydrogens (primary N) is 1. The summed E-state index contributed by atoms with van der Waals surface area (Å²) in [5, 5.41) is 8.93. The number of halogens is 3. The van der Waals surface area contributed by atoms with Gasteiger partial charge in [0.15, 0.2) is 5.69 Å². The van der Waals surface area contributed by atoms with Gasteiger partial charge in [-0.2, -0.15) is 21.6 Å². The van der Waals surface area contributed by atoms with Crippen LogP contribution in [0, 0.1) is 0 Å². The SMILES string of the molecule is NS(=O)(=O)Nc1ccc(-n2cc(C(F)(F)F)nc2-c2ccc3c(ccc4ccccc43)c2)cc1. The van der Waals surface area contributed by atoms with Gasteiger partial charge in [0.1, 0.15) is 5.82 Å². The number of hydrogen-bond acceptors (Lipinski definition) is 3. The summed E-state index contributed by atoms with van der Waals surface area (Å²) in [5.74, 6) is 0.106. The Kier molecular flexibility index (Phi) is 5.07. The van der Waals surface area contributed by atoms with Gasteiger partial charge in [0.05, 0.1) is 0 Å². The number of hydrogen-bond donors (Lipinski definition) is 2. The first-order valence-corrected chi connectivity index (χ1v) is 11.6. The summed E-state index contributed by atoms with van der Waals surface area (Å²) in [6.07, 6.45) is -3.72. The van der Waals surface area contributed by atoms with E-state index in [0.717, 1.165) is 27.7 Å². The molecule has 0 saturated heterocycles. The number of nitrogens with zero attached hydrogens (tertiary/aromatic N) is 2. The van der Waals surface area contributed by atoms with Gasteiger partial charge in [0, 0.05) is 23.1 Å². The second-order valence-electron chi connectivity index (χ2n) is 7.73. The molecule has 0 amide bonds. The monoisotopic (exact) mass is 482 g/mol. The second-order valence-corrected chi connectivity index (χ2v) is 9.03. The van der Waals surface area contributed by atoms with Gasteiger partial charge < -0.3 is 0 Å². The molecule has 172 valence electrons. The lowest BCUT2D eigenvalue weighted by Crippen LogP contribution is -2.21. The van der Waals surface area contributed by atoms with Gasteiger partial charge >= 0.3 is 6.18 Å². The van der Waals surface area contributed by atoms with E-state index >= 15 is 0 Å². The minimum Gasteiger partial charge on any atom is -0.299 e. The van der Waals surface area contributed by atoms with Crippen LogP contribution in [-0.2, 0) is 16.4 Å². The van der Waals surface area contributed by atoms with Crippen LogP contribution < -0.4 is 9.86 Å². The highest BCUT2D eigenvalue weighted by atomic mass is 32.2. The molecule has 0 aliphatic carbocycles. The average molecular weight is 482 g/mol. The molecule has 10 heteroatoms. The van der Waals surface area contributed by atoms with Gasteiger partial charge in [0.2, 0.25) is 0 Å². The van der Waals surface area contributed by atoms with Crippen molar-refractivity contribution in [3.05, 3.63) is 90.8 Å². The van der Waals surface area contributed by atoms with E-state index in [1.54, 1.807) is 12.1 Å². The molecule has 34 heavy (non-hydrogen) atoms. The fraction of sp³-hybridized carbons (Fsp3) is 0.0417. The van der Waals surface area contributed by atoms with Gasteiger partial charge in [-0.15, -0.1) is 0 Å². The molecule has 1 heterocycles. The first-order chi connectivity index (χ1) is 16.1. The molecule has 4 aromatic carbocycles. The predicted octanol–water partition coefficient (Wildman–Crippen LogP) is 5.48. The van der Waals surface area contributed by atoms with Crippen LogP contribution in [0.5, 0.6) is 0 Å². The molecule has 0 radical (unpaired) electrons. The number of aromatic nitrogens is 2. The fourth-order valence-electron chi connectivity index (χ4n) is 3.92. The highest BCUT2D eigenvalue weighted by molar-refractivity contribution is 7.90. The van der Waals surface area contributed by atoms with Gasteiger partial charge in [-0.05, 0) is 51.9 Å². The van der Waals surface area contributed by atoms with E-state index in [2.05, 4.69) is 9.71 Å². The summed E-state index contributed by atoms with van der Waals surface area (Å²) in [7, 11) is -3.98. The highest BCUT2D eigenvalue weighted by Gasteiger charge is 2.35. The molecule has 0 saturated carbocycles. The summed E-state index contributed by atoms with van der Waals surface area (Å²) in [6, 6.07) is 23.0. The molecule has 0 fully saturated rings. The zero-order valence-corrected chi connectivity index (χ0v) is 18.2. The van der Waals surface area contributed by atoms with Crippen molar-refractivity contribution in [1.29, 1.82) is 0 Å². The molecule has 0 aliphatic rings. The third kappa shape index (κ3) is 4.20. The van der Waals surface area contributed by atoms with Crippen molar-refractivity contribution < 1.29 is 21.6 Å². The Morgan fingerprint density at radius 3 is 2.24 bits per heavy atom. The maximum atomic E-state index is 13.5. The van der Waals surface area contributed by atoms with Crippen LogP contribution in [0.1, 0.15) is 5.69 Å². The smallest absolute Gasteiger partial charge is 0.299 e. The van der Waals surface area contributed by atoms with Crippen LogP contribution >= 0.6 is 0 Å². The van der Waals surface area contributed by atoms with E-state index in [-0.39, 0.29) is 11.5 Å². The maximum absolute atomic E-state index is 13.5. The molecule has 1 aromatic heterocycles. The number of rotatable bonds is 4. The Balaban J connectivity index is 1.64. The Labute approximate surface area is 192 Å². The molecule has 5 aromatic rings. The third-order valence-corrected chi connectivity index (χ3v) is 5.93. The Morgan fingerprint density at radius 1 is 0.853 bits per heavy atom. The maximum Gasteiger partial charge on any atom is 0.434 e. The van der Waals surface area contributed by atoms with Gasteiger partial charge in [-0.25, -0.2) is 10.1 Å². The van der Waals surface area contributed by atoms with Gasteiger partial charge in [-0.3, -0.25) is 9.29 Å². The van der Waals surface area contributed by atoms with E-state index in [9.17, 15) is 21.6 Å². The molecular formula is C24H17F3N4O2S. The standard InChI is InChI=1S/C24H17F3N4O2S/c25-24(26,27)22-14-31(19-10-8-18(9-11-19)30-34(28,32)33)23(29-22)17-7-12-21-16(13-17)6-5-15-3-1-2-4-20(15)21/h1-14,30H,(H2,28,32,33). The predicted molar refractivity (Wildman–Crippen MR) is 126 cm³/mol. The number of nitrogens with one attached hydrogen (secondary N) is 1. The zero-order valence-electron chi connectivity index (χ0n) is 17.4. The molecule has 6 nitrogen and oxygen atoms in total. The van der Waals surface area contributed by atoms with Crippen LogP contribution in [-0.4, -0.2) is 18.0 Å². The van der Waals surface area contributed by atoms with Crippen molar-refractivity contribution in [3.63, 3.8) is 0 Å². The molecule has 0 spiro atoms. The van der Waals surface area contributed by atoms with Crippen LogP contribution in [0.15, 0.2) is 85.1 Å². The summed E-state index contributed by atoms with van der Waals surface area (Å²) >= 11 is 0. The summed E-state index contributed by atoms with van der Waals surface area (Å²) in [6.45, 7) is 0. The van der Waals surface area contributed by atoms with E-state index in [4.69, 9.17) is 5.14 Å². The van der Waals surface area contributed by atoms with Gasteiger partial charge in [-0.1, -0.05) is 48.5 Å². The molecule has 3 N–H and O–H groups in total. The first kappa shape index (κ1) is 21.9. The number of imidazole rings is 1. The van der Waals surface area contributed by atoms with Crippen molar-refractivity contribution in [1.82, 2.24) is 9.55 Å². The van der Waals surface area contributed by atoms with Crippen molar-refractivity contribution >= 4 is 37.4 Å². The summed E-state index contributed by atoms with van der Waals surface area (Å²) in [5.41, 5.74) is 0.0241. The third-order valence-electron chi connectivity index (χ3n) is 5.41. The number of alkyl halides is 3.